The molecule has 5 nitrogen and oxygen atoms in total. The fourth-order valence-electron chi connectivity index (χ4n) is 1.99. The van der Waals surface area contributed by atoms with Crippen molar-refractivity contribution in [1.82, 2.24) is 5.32 Å². The maximum absolute atomic E-state index is 11.7. The van der Waals surface area contributed by atoms with E-state index in [9.17, 15) is 4.79 Å². The van der Waals surface area contributed by atoms with Crippen LogP contribution in [0.3, 0.4) is 0 Å². The number of carbonyl (C=O) groups excluding carboxylic acids is 1. The van der Waals surface area contributed by atoms with Crippen LogP contribution >= 0.6 is 0 Å². The molecule has 2 rings (SSSR count). The minimum atomic E-state index is -0.185. The van der Waals surface area contributed by atoms with Crippen LogP contribution in [0.15, 0.2) is 48.5 Å². The van der Waals surface area contributed by atoms with Gasteiger partial charge in [-0.1, -0.05) is 24.3 Å². The maximum atomic E-state index is 11.7. The van der Waals surface area contributed by atoms with Gasteiger partial charge in [0.25, 0.3) is 5.91 Å². The molecule has 0 fully saturated rings. The van der Waals surface area contributed by atoms with Gasteiger partial charge >= 0.3 is 0 Å². The highest BCUT2D eigenvalue weighted by molar-refractivity contribution is 5.77. The number of nitrogens with one attached hydrogen (secondary N) is 1. The van der Waals surface area contributed by atoms with Gasteiger partial charge in [0.15, 0.2) is 18.1 Å². The Labute approximate surface area is 136 Å². The molecule has 0 aromatic heterocycles. The standard InChI is InChI=1S/C18H21NO4/c1-14-6-5-7-15(12-14)23-13-18(20)19-10-11-22-17-9-4-3-8-16(17)21-2/h3-9,12H,10-11,13H2,1-2H3,(H,19,20). The summed E-state index contributed by atoms with van der Waals surface area (Å²) >= 11 is 0. The van der Waals surface area contributed by atoms with Crippen molar-refractivity contribution in [3.63, 3.8) is 0 Å². The van der Waals surface area contributed by atoms with E-state index in [1.165, 1.54) is 0 Å². The first-order valence-corrected chi connectivity index (χ1v) is 7.41. The number of hydrogen-bond acceptors (Lipinski definition) is 4. The average molecular weight is 315 g/mol. The van der Waals surface area contributed by atoms with Crippen molar-refractivity contribution in [2.24, 2.45) is 0 Å². The minimum absolute atomic E-state index is 0.0158. The number of carbonyl (C=O) groups is 1. The third kappa shape index (κ3) is 5.54. The van der Waals surface area contributed by atoms with Crippen LogP contribution in [-0.4, -0.2) is 32.8 Å². The van der Waals surface area contributed by atoms with Gasteiger partial charge in [-0.2, -0.15) is 0 Å². The Kier molecular flexibility index (Phi) is 6.29. The summed E-state index contributed by atoms with van der Waals surface area (Å²) in [6.07, 6.45) is 0. The van der Waals surface area contributed by atoms with E-state index in [1.54, 1.807) is 7.11 Å². The SMILES string of the molecule is COc1ccccc1OCCNC(=O)COc1cccc(C)c1. The van der Waals surface area contributed by atoms with Crippen molar-refractivity contribution in [3.8, 4) is 17.2 Å². The highest BCUT2D eigenvalue weighted by atomic mass is 16.5. The third-order valence-electron chi connectivity index (χ3n) is 3.11. The van der Waals surface area contributed by atoms with Gasteiger partial charge in [-0.05, 0) is 36.8 Å². The Balaban J connectivity index is 1.67. The lowest BCUT2D eigenvalue weighted by Gasteiger charge is -2.11. The second kappa shape index (κ2) is 8.68. The van der Waals surface area contributed by atoms with E-state index in [-0.39, 0.29) is 12.5 Å². The molecule has 0 radical (unpaired) electrons. The summed E-state index contributed by atoms with van der Waals surface area (Å²) < 4.78 is 16.2. The molecule has 2 aromatic carbocycles. The van der Waals surface area contributed by atoms with E-state index in [0.29, 0.717) is 30.4 Å². The van der Waals surface area contributed by atoms with Crippen molar-refractivity contribution in [2.45, 2.75) is 6.92 Å². The second-order valence-electron chi connectivity index (χ2n) is 4.95. The number of aryl methyl sites for hydroxylation is 1. The summed E-state index contributed by atoms with van der Waals surface area (Å²) in [5.74, 6) is 1.82. The molecule has 0 spiro atoms. The van der Waals surface area contributed by atoms with Crippen LogP contribution in [0.4, 0.5) is 0 Å². The van der Waals surface area contributed by atoms with Crippen molar-refractivity contribution in [1.29, 1.82) is 0 Å². The molecule has 0 saturated carbocycles. The first-order chi connectivity index (χ1) is 11.2. The largest absolute Gasteiger partial charge is 0.493 e. The third-order valence-corrected chi connectivity index (χ3v) is 3.11. The number of amides is 1. The predicted octanol–water partition coefficient (Wildman–Crippen LogP) is 2.58. The number of para-hydroxylation sites is 2. The van der Waals surface area contributed by atoms with Gasteiger partial charge in [-0.15, -0.1) is 0 Å². The first-order valence-electron chi connectivity index (χ1n) is 7.41. The number of rotatable bonds is 8. The molecule has 0 heterocycles. The van der Waals surface area contributed by atoms with Crippen LogP contribution in [0.5, 0.6) is 17.2 Å². The van der Waals surface area contributed by atoms with E-state index >= 15 is 0 Å². The lowest BCUT2D eigenvalue weighted by molar-refractivity contribution is -0.123. The second-order valence-corrected chi connectivity index (χ2v) is 4.95. The van der Waals surface area contributed by atoms with Crippen molar-refractivity contribution >= 4 is 5.91 Å². The molecule has 23 heavy (non-hydrogen) atoms. The van der Waals surface area contributed by atoms with Crippen LogP contribution in [0.2, 0.25) is 0 Å². The molecule has 0 aliphatic rings. The molecule has 0 saturated heterocycles. The Morgan fingerprint density at radius 2 is 1.83 bits per heavy atom. The van der Waals surface area contributed by atoms with Gasteiger partial charge in [0.2, 0.25) is 0 Å². The molecule has 5 heteroatoms. The smallest absolute Gasteiger partial charge is 0.258 e. The van der Waals surface area contributed by atoms with Crippen molar-refractivity contribution in [2.75, 3.05) is 26.9 Å². The molecule has 1 amide bonds. The number of benzene rings is 2. The monoisotopic (exact) mass is 315 g/mol. The highest BCUT2D eigenvalue weighted by Crippen LogP contribution is 2.25. The van der Waals surface area contributed by atoms with Crippen LogP contribution in [0.1, 0.15) is 5.56 Å². The van der Waals surface area contributed by atoms with Gasteiger partial charge in [-0.25, -0.2) is 0 Å². The Morgan fingerprint density at radius 1 is 1.04 bits per heavy atom. The Morgan fingerprint density at radius 3 is 2.57 bits per heavy atom. The van der Waals surface area contributed by atoms with Gasteiger partial charge in [0.05, 0.1) is 13.7 Å². The molecule has 0 unspecified atom stereocenters. The molecule has 0 bridgehead atoms. The molecule has 0 atom stereocenters. The summed E-state index contributed by atoms with van der Waals surface area (Å²) in [5, 5.41) is 2.75. The summed E-state index contributed by atoms with van der Waals surface area (Å²) in [6.45, 7) is 2.71. The van der Waals surface area contributed by atoms with Crippen LogP contribution in [0, 0.1) is 6.92 Å². The summed E-state index contributed by atoms with van der Waals surface area (Å²) in [5.41, 5.74) is 1.09. The maximum Gasteiger partial charge on any atom is 0.258 e. The van der Waals surface area contributed by atoms with Crippen LogP contribution in [-0.2, 0) is 4.79 Å². The normalized spacial score (nSPS) is 10.0. The lowest BCUT2D eigenvalue weighted by atomic mass is 10.2. The summed E-state index contributed by atoms with van der Waals surface area (Å²) in [4.78, 5) is 11.7. The van der Waals surface area contributed by atoms with Gasteiger partial charge in [-0.3, -0.25) is 4.79 Å². The molecular formula is C18H21NO4. The molecule has 2 aromatic rings. The highest BCUT2D eigenvalue weighted by Gasteiger charge is 2.04. The predicted molar refractivity (Wildman–Crippen MR) is 88.2 cm³/mol. The van der Waals surface area contributed by atoms with E-state index < -0.39 is 0 Å². The quantitative estimate of drug-likeness (QED) is 0.761. The zero-order valence-electron chi connectivity index (χ0n) is 13.4. The van der Waals surface area contributed by atoms with Gasteiger partial charge in [0.1, 0.15) is 12.4 Å². The van der Waals surface area contributed by atoms with Crippen molar-refractivity contribution < 1.29 is 19.0 Å². The topological polar surface area (TPSA) is 56.8 Å². The van der Waals surface area contributed by atoms with E-state index in [2.05, 4.69) is 5.32 Å². The van der Waals surface area contributed by atoms with E-state index in [0.717, 1.165) is 5.56 Å². The zero-order valence-corrected chi connectivity index (χ0v) is 13.4. The van der Waals surface area contributed by atoms with Crippen LogP contribution in [0.25, 0.3) is 0 Å². The fourth-order valence-corrected chi connectivity index (χ4v) is 1.99. The fraction of sp³-hybridized carbons (Fsp3) is 0.278. The first kappa shape index (κ1) is 16.7. The van der Waals surface area contributed by atoms with E-state index in [1.807, 2.05) is 55.5 Å². The number of methoxy groups -OCH3 is 1. The van der Waals surface area contributed by atoms with Crippen LogP contribution < -0.4 is 19.5 Å². The van der Waals surface area contributed by atoms with Gasteiger partial charge < -0.3 is 19.5 Å². The zero-order chi connectivity index (χ0) is 16.5. The molecule has 0 aliphatic heterocycles. The van der Waals surface area contributed by atoms with Crippen molar-refractivity contribution in [3.05, 3.63) is 54.1 Å². The number of ether oxygens (including phenoxy) is 3. The molecule has 1 N–H and O–H groups in total. The number of hydrogen-bond donors (Lipinski definition) is 1. The lowest BCUT2D eigenvalue weighted by Crippen LogP contribution is -2.32. The Bertz CT molecular complexity index is 642. The van der Waals surface area contributed by atoms with E-state index in [4.69, 9.17) is 14.2 Å². The average Bonchev–Trinajstić information content (AvgIpc) is 2.57. The summed E-state index contributed by atoms with van der Waals surface area (Å²) in [6, 6.07) is 15.0. The molecule has 122 valence electrons. The van der Waals surface area contributed by atoms with Gasteiger partial charge in [0, 0.05) is 0 Å². The molecular weight excluding hydrogens is 294 g/mol. The Hall–Kier alpha value is -2.69. The summed E-state index contributed by atoms with van der Waals surface area (Å²) in [7, 11) is 1.59. The minimum Gasteiger partial charge on any atom is -0.493 e. The molecule has 0 aliphatic carbocycles.